The van der Waals surface area contributed by atoms with Gasteiger partial charge in [-0.3, -0.25) is 0 Å². The first-order valence-electron chi connectivity index (χ1n) is 6.13. The summed E-state index contributed by atoms with van der Waals surface area (Å²) in [7, 11) is -3.60. The largest absolute Gasteiger partial charge is 0.245 e. The molecule has 2 rings (SSSR count). The molecule has 1 aromatic carbocycles. The lowest BCUT2D eigenvalue weighted by atomic mass is 10.2. The molecular formula is C13H16N2O3S. The Balaban J connectivity index is 2.47. The molecule has 1 aliphatic rings. The molecule has 0 aliphatic carbocycles. The minimum Gasteiger partial charge on any atom is -0.211 e. The van der Waals surface area contributed by atoms with Gasteiger partial charge in [-0.2, -0.15) is 9.30 Å². The molecule has 0 spiro atoms. The topological polar surface area (TPSA) is 66.8 Å². The molecule has 102 valence electrons. The Labute approximate surface area is 113 Å². The molecule has 6 heteroatoms. The highest BCUT2D eigenvalue weighted by molar-refractivity contribution is 7.89. The van der Waals surface area contributed by atoms with Gasteiger partial charge < -0.3 is 0 Å². The summed E-state index contributed by atoms with van der Waals surface area (Å²) in [5, 5.41) is 0. The van der Waals surface area contributed by atoms with Gasteiger partial charge in [0.05, 0.1) is 4.90 Å². The van der Waals surface area contributed by atoms with E-state index in [1.165, 1.54) is 10.4 Å². The standard InChI is InChI=1S/C13H16N2O3S/c1-10-5-6-11(2)12(8-10)19(17,18)15-7-3-4-13(15)14-9-16/h5-6,8,13H,3-4,7H2,1-2H3. The van der Waals surface area contributed by atoms with Crippen molar-refractivity contribution in [2.75, 3.05) is 6.54 Å². The van der Waals surface area contributed by atoms with Crippen LogP contribution in [0.25, 0.3) is 0 Å². The second kappa shape index (κ2) is 5.25. The smallest absolute Gasteiger partial charge is 0.211 e. The highest BCUT2D eigenvalue weighted by Crippen LogP contribution is 2.28. The Morgan fingerprint density at radius 3 is 2.79 bits per heavy atom. The van der Waals surface area contributed by atoms with Crippen molar-refractivity contribution in [1.82, 2.24) is 4.31 Å². The van der Waals surface area contributed by atoms with Crippen molar-refractivity contribution in [1.29, 1.82) is 0 Å². The average molecular weight is 280 g/mol. The highest BCUT2D eigenvalue weighted by Gasteiger charge is 2.36. The molecule has 0 bridgehead atoms. The lowest BCUT2D eigenvalue weighted by Gasteiger charge is -2.21. The average Bonchev–Trinajstić information content (AvgIpc) is 2.81. The van der Waals surface area contributed by atoms with Crippen molar-refractivity contribution < 1.29 is 13.2 Å². The van der Waals surface area contributed by atoms with Gasteiger partial charge in [0.25, 0.3) is 0 Å². The minimum atomic E-state index is -3.60. The van der Waals surface area contributed by atoms with E-state index in [-0.39, 0.29) is 0 Å². The number of aryl methyl sites for hydroxylation is 2. The molecule has 1 unspecified atom stereocenters. The van der Waals surface area contributed by atoms with Crippen LogP contribution in [0.15, 0.2) is 28.1 Å². The summed E-state index contributed by atoms with van der Waals surface area (Å²) in [4.78, 5) is 14.3. The molecule has 1 fully saturated rings. The van der Waals surface area contributed by atoms with Crippen molar-refractivity contribution in [3.63, 3.8) is 0 Å². The Kier molecular flexibility index (Phi) is 3.85. The fourth-order valence-electron chi connectivity index (χ4n) is 2.30. The molecule has 1 saturated heterocycles. The second-order valence-corrected chi connectivity index (χ2v) is 6.59. The van der Waals surface area contributed by atoms with E-state index in [0.29, 0.717) is 29.8 Å². The molecule has 0 N–H and O–H groups in total. The molecule has 1 aromatic rings. The molecule has 0 radical (unpaired) electrons. The highest BCUT2D eigenvalue weighted by atomic mass is 32.2. The number of benzene rings is 1. The maximum atomic E-state index is 12.6. The summed E-state index contributed by atoms with van der Waals surface area (Å²) in [6, 6.07) is 5.32. The van der Waals surface area contributed by atoms with E-state index in [0.717, 1.165) is 5.56 Å². The molecule has 1 heterocycles. The summed E-state index contributed by atoms with van der Waals surface area (Å²) in [5.74, 6) is 0. The molecule has 0 amide bonds. The third-order valence-electron chi connectivity index (χ3n) is 3.31. The third-order valence-corrected chi connectivity index (χ3v) is 5.34. The molecular weight excluding hydrogens is 264 g/mol. The zero-order valence-corrected chi connectivity index (χ0v) is 11.8. The summed E-state index contributed by atoms with van der Waals surface area (Å²) in [6.45, 7) is 4.01. The first-order valence-corrected chi connectivity index (χ1v) is 7.57. The first-order chi connectivity index (χ1) is 8.96. The number of nitrogens with zero attached hydrogens (tertiary/aromatic N) is 2. The van der Waals surface area contributed by atoms with E-state index in [1.54, 1.807) is 19.1 Å². The van der Waals surface area contributed by atoms with Crippen LogP contribution in [0.3, 0.4) is 0 Å². The number of isocyanates is 1. The van der Waals surface area contributed by atoms with E-state index in [4.69, 9.17) is 0 Å². The molecule has 0 aromatic heterocycles. The maximum absolute atomic E-state index is 12.6. The van der Waals surface area contributed by atoms with Gasteiger partial charge in [-0.15, -0.1) is 0 Å². The van der Waals surface area contributed by atoms with Gasteiger partial charge in [0, 0.05) is 6.54 Å². The second-order valence-electron chi connectivity index (χ2n) is 4.73. The number of carbonyl (C=O) groups excluding carboxylic acids is 1. The predicted molar refractivity (Wildman–Crippen MR) is 71.0 cm³/mol. The van der Waals surface area contributed by atoms with E-state index in [9.17, 15) is 13.2 Å². The fraction of sp³-hybridized carbons (Fsp3) is 0.462. The molecule has 1 aliphatic heterocycles. The number of hydrogen-bond donors (Lipinski definition) is 0. The number of sulfonamides is 1. The lowest BCUT2D eigenvalue weighted by Crippen LogP contribution is -2.34. The van der Waals surface area contributed by atoms with Gasteiger partial charge in [-0.25, -0.2) is 13.2 Å². The Morgan fingerprint density at radius 2 is 2.11 bits per heavy atom. The Bertz CT molecular complexity index is 633. The number of hydrogen-bond acceptors (Lipinski definition) is 4. The zero-order valence-electron chi connectivity index (χ0n) is 11.0. The fourth-order valence-corrected chi connectivity index (χ4v) is 4.21. The van der Waals surface area contributed by atoms with Crippen LogP contribution >= 0.6 is 0 Å². The van der Waals surface area contributed by atoms with Crippen LogP contribution in [0.4, 0.5) is 0 Å². The van der Waals surface area contributed by atoms with Crippen LogP contribution in [-0.2, 0) is 14.8 Å². The van der Waals surface area contributed by atoms with Gasteiger partial charge in [-0.05, 0) is 43.9 Å². The van der Waals surface area contributed by atoms with Crippen LogP contribution in [0.5, 0.6) is 0 Å². The van der Waals surface area contributed by atoms with Gasteiger partial charge in [0.2, 0.25) is 16.1 Å². The van der Waals surface area contributed by atoms with Gasteiger partial charge in [0.15, 0.2) is 0 Å². The normalized spacial score (nSPS) is 20.2. The summed E-state index contributed by atoms with van der Waals surface area (Å²) in [6.07, 6.45) is 2.13. The van der Waals surface area contributed by atoms with E-state index in [2.05, 4.69) is 4.99 Å². The van der Waals surface area contributed by atoms with Crippen molar-refractivity contribution in [3.8, 4) is 0 Å². The number of rotatable bonds is 3. The van der Waals surface area contributed by atoms with Crippen molar-refractivity contribution in [2.24, 2.45) is 4.99 Å². The van der Waals surface area contributed by atoms with E-state index in [1.807, 2.05) is 13.0 Å². The number of aliphatic imine (C=N–C) groups is 1. The Hall–Kier alpha value is -1.49. The molecule has 19 heavy (non-hydrogen) atoms. The van der Waals surface area contributed by atoms with Gasteiger partial charge in [0.1, 0.15) is 6.17 Å². The summed E-state index contributed by atoms with van der Waals surface area (Å²) >= 11 is 0. The van der Waals surface area contributed by atoms with Crippen molar-refractivity contribution in [3.05, 3.63) is 29.3 Å². The first kappa shape index (κ1) is 13.9. The summed E-state index contributed by atoms with van der Waals surface area (Å²) in [5.41, 5.74) is 1.59. The maximum Gasteiger partial charge on any atom is 0.245 e. The van der Waals surface area contributed by atoms with E-state index >= 15 is 0 Å². The van der Waals surface area contributed by atoms with Gasteiger partial charge >= 0.3 is 0 Å². The lowest BCUT2D eigenvalue weighted by molar-refractivity contribution is 0.395. The van der Waals surface area contributed by atoms with Crippen LogP contribution in [0.2, 0.25) is 0 Å². The van der Waals surface area contributed by atoms with Crippen LogP contribution in [0, 0.1) is 13.8 Å². The predicted octanol–water partition coefficient (Wildman–Crippen LogP) is 1.75. The SMILES string of the molecule is Cc1ccc(C)c(S(=O)(=O)N2CCCC2N=C=O)c1. The van der Waals surface area contributed by atoms with Crippen LogP contribution in [0.1, 0.15) is 24.0 Å². The zero-order chi connectivity index (χ0) is 14.0. The van der Waals surface area contributed by atoms with Crippen molar-refractivity contribution in [2.45, 2.75) is 37.8 Å². The third kappa shape index (κ3) is 2.61. The molecule has 0 saturated carbocycles. The van der Waals surface area contributed by atoms with Gasteiger partial charge in [-0.1, -0.05) is 12.1 Å². The summed E-state index contributed by atoms with van der Waals surface area (Å²) < 4.78 is 26.5. The monoisotopic (exact) mass is 280 g/mol. The van der Waals surface area contributed by atoms with Crippen LogP contribution in [-0.4, -0.2) is 31.5 Å². The molecule has 1 atom stereocenters. The van der Waals surface area contributed by atoms with E-state index < -0.39 is 16.2 Å². The molecule has 5 nitrogen and oxygen atoms in total. The minimum absolute atomic E-state index is 0.292. The quantitative estimate of drug-likeness (QED) is 0.626. The van der Waals surface area contributed by atoms with Crippen molar-refractivity contribution >= 4 is 16.1 Å². The Morgan fingerprint density at radius 1 is 1.37 bits per heavy atom. The van der Waals surface area contributed by atoms with Crippen LogP contribution < -0.4 is 0 Å².